The molecule has 1 N–H and O–H groups in total. The fourth-order valence-corrected chi connectivity index (χ4v) is 1.57. The molecular formula is C8H11F3O2. The van der Waals surface area contributed by atoms with Gasteiger partial charge < -0.3 is 5.11 Å². The van der Waals surface area contributed by atoms with Gasteiger partial charge in [-0.15, -0.1) is 0 Å². The van der Waals surface area contributed by atoms with Crippen LogP contribution in [0, 0.1) is 5.92 Å². The van der Waals surface area contributed by atoms with Crippen molar-refractivity contribution < 1.29 is 23.1 Å². The lowest BCUT2D eigenvalue weighted by atomic mass is 9.84. The van der Waals surface area contributed by atoms with Crippen molar-refractivity contribution in [1.29, 1.82) is 0 Å². The Bertz CT molecular complexity index is 200. The molecule has 0 amide bonds. The Morgan fingerprint density at radius 2 is 2.00 bits per heavy atom. The number of rotatable bonds is 1. The number of carbonyl (C=O) groups is 1. The highest BCUT2D eigenvalue weighted by Crippen LogP contribution is 2.32. The Labute approximate surface area is 73.7 Å². The molecule has 1 saturated carbocycles. The van der Waals surface area contributed by atoms with Gasteiger partial charge in [0.25, 0.3) is 0 Å². The van der Waals surface area contributed by atoms with E-state index in [0.29, 0.717) is 12.8 Å². The molecule has 1 unspecified atom stereocenters. The maximum atomic E-state index is 12.0. The number of ketones is 1. The third-order valence-electron chi connectivity index (χ3n) is 2.32. The Morgan fingerprint density at radius 3 is 2.46 bits per heavy atom. The number of aliphatic hydroxyl groups excluding tert-OH is 1. The average Bonchev–Trinajstić information content (AvgIpc) is 2.02. The first-order valence-corrected chi connectivity index (χ1v) is 4.20. The normalized spacial score (nSPS) is 27.4. The molecule has 0 aromatic heterocycles. The lowest BCUT2D eigenvalue weighted by molar-refractivity contribution is -0.220. The van der Waals surface area contributed by atoms with Crippen LogP contribution in [0.5, 0.6) is 0 Å². The van der Waals surface area contributed by atoms with Gasteiger partial charge in [-0.2, -0.15) is 13.2 Å². The molecule has 0 aliphatic heterocycles. The first-order chi connectivity index (χ1) is 5.93. The number of Topliss-reactive ketones (excluding diaryl/α,β-unsaturated/α-hetero) is 1. The molecule has 0 aromatic carbocycles. The average molecular weight is 196 g/mol. The minimum Gasteiger partial charge on any atom is -0.383 e. The fourth-order valence-electron chi connectivity index (χ4n) is 1.57. The maximum Gasteiger partial charge on any atom is 0.415 e. The summed E-state index contributed by atoms with van der Waals surface area (Å²) < 4.78 is 36.0. The van der Waals surface area contributed by atoms with Crippen molar-refractivity contribution in [2.24, 2.45) is 5.92 Å². The molecule has 1 aliphatic rings. The van der Waals surface area contributed by atoms with Gasteiger partial charge in [-0.3, -0.25) is 4.79 Å². The van der Waals surface area contributed by atoms with Crippen molar-refractivity contribution in [2.45, 2.75) is 38.0 Å². The van der Waals surface area contributed by atoms with Crippen LogP contribution < -0.4 is 0 Å². The van der Waals surface area contributed by atoms with Crippen LogP contribution in [0.1, 0.15) is 25.7 Å². The molecule has 0 aromatic rings. The number of aliphatic hydroxyl groups is 1. The summed E-state index contributed by atoms with van der Waals surface area (Å²) in [7, 11) is 0. The van der Waals surface area contributed by atoms with E-state index in [2.05, 4.69) is 0 Å². The SMILES string of the molecule is O=C1CCCC[C@H]1C(O)C(F)(F)F. The highest BCUT2D eigenvalue weighted by molar-refractivity contribution is 5.82. The van der Waals surface area contributed by atoms with Gasteiger partial charge in [0.2, 0.25) is 0 Å². The van der Waals surface area contributed by atoms with Crippen molar-refractivity contribution >= 4 is 5.78 Å². The summed E-state index contributed by atoms with van der Waals surface area (Å²) >= 11 is 0. The van der Waals surface area contributed by atoms with Gasteiger partial charge in [0, 0.05) is 6.42 Å². The van der Waals surface area contributed by atoms with E-state index in [0.717, 1.165) is 0 Å². The van der Waals surface area contributed by atoms with Gasteiger partial charge >= 0.3 is 6.18 Å². The van der Waals surface area contributed by atoms with Crippen molar-refractivity contribution in [3.63, 3.8) is 0 Å². The van der Waals surface area contributed by atoms with Gasteiger partial charge in [0.05, 0.1) is 5.92 Å². The molecule has 0 radical (unpaired) electrons. The Morgan fingerprint density at radius 1 is 1.38 bits per heavy atom. The predicted octanol–water partition coefficient (Wildman–Crippen LogP) is 1.67. The summed E-state index contributed by atoms with van der Waals surface area (Å²) in [5, 5.41) is 8.84. The molecule has 0 saturated heterocycles. The van der Waals surface area contributed by atoms with Gasteiger partial charge in [0.1, 0.15) is 5.78 Å². The maximum absolute atomic E-state index is 12.0. The predicted molar refractivity (Wildman–Crippen MR) is 39.0 cm³/mol. The van der Waals surface area contributed by atoms with Crippen LogP contribution >= 0.6 is 0 Å². The number of carbonyl (C=O) groups excluding carboxylic acids is 1. The Balaban J connectivity index is 2.64. The van der Waals surface area contributed by atoms with Crippen molar-refractivity contribution in [3.8, 4) is 0 Å². The highest BCUT2D eigenvalue weighted by atomic mass is 19.4. The summed E-state index contributed by atoms with van der Waals surface area (Å²) in [4.78, 5) is 11.0. The van der Waals surface area contributed by atoms with E-state index >= 15 is 0 Å². The molecule has 2 nitrogen and oxygen atoms in total. The fraction of sp³-hybridized carbons (Fsp3) is 0.875. The van der Waals surface area contributed by atoms with Crippen LogP contribution in [-0.4, -0.2) is 23.2 Å². The quantitative estimate of drug-likeness (QED) is 0.692. The van der Waals surface area contributed by atoms with Gasteiger partial charge in [-0.05, 0) is 12.8 Å². The van der Waals surface area contributed by atoms with Crippen molar-refractivity contribution in [1.82, 2.24) is 0 Å². The monoisotopic (exact) mass is 196 g/mol. The molecule has 0 heterocycles. The number of alkyl halides is 3. The van der Waals surface area contributed by atoms with E-state index in [1.165, 1.54) is 0 Å². The van der Waals surface area contributed by atoms with Gasteiger partial charge in [0.15, 0.2) is 6.10 Å². The molecule has 0 bridgehead atoms. The Hall–Kier alpha value is -0.580. The van der Waals surface area contributed by atoms with E-state index in [-0.39, 0.29) is 12.8 Å². The number of hydrogen-bond donors (Lipinski definition) is 1. The smallest absolute Gasteiger partial charge is 0.383 e. The molecule has 2 atom stereocenters. The summed E-state index contributed by atoms with van der Waals surface area (Å²) in [5.41, 5.74) is 0. The Kier molecular flexibility index (Phi) is 2.95. The van der Waals surface area contributed by atoms with E-state index in [4.69, 9.17) is 5.11 Å². The lowest BCUT2D eigenvalue weighted by Gasteiger charge is -2.26. The lowest BCUT2D eigenvalue weighted by Crippen LogP contribution is -2.41. The zero-order valence-corrected chi connectivity index (χ0v) is 6.97. The molecule has 0 spiro atoms. The largest absolute Gasteiger partial charge is 0.415 e. The molecule has 1 aliphatic carbocycles. The van der Waals surface area contributed by atoms with Crippen molar-refractivity contribution in [2.75, 3.05) is 0 Å². The van der Waals surface area contributed by atoms with E-state index < -0.39 is 24.0 Å². The zero-order valence-electron chi connectivity index (χ0n) is 6.97. The van der Waals surface area contributed by atoms with E-state index in [9.17, 15) is 18.0 Å². The minimum atomic E-state index is -4.67. The second-order valence-electron chi connectivity index (χ2n) is 3.31. The zero-order chi connectivity index (χ0) is 10.1. The van der Waals surface area contributed by atoms with Crippen LogP contribution in [0.25, 0.3) is 0 Å². The van der Waals surface area contributed by atoms with E-state index in [1.807, 2.05) is 0 Å². The second-order valence-corrected chi connectivity index (χ2v) is 3.31. The third-order valence-corrected chi connectivity index (χ3v) is 2.32. The van der Waals surface area contributed by atoms with Gasteiger partial charge in [-0.1, -0.05) is 6.42 Å². The molecule has 5 heteroatoms. The standard InChI is InChI=1S/C8H11F3O2/c9-8(10,11)7(13)5-3-1-2-4-6(5)12/h5,7,13H,1-4H2/t5-,7?/m1/s1. The van der Waals surface area contributed by atoms with Crippen LogP contribution in [0.3, 0.4) is 0 Å². The molecule has 1 fully saturated rings. The molecular weight excluding hydrogens is 185 g/mol. The van der Waals surface area contributed by atoms with Crippen LogP contribution in [-0.2, 0) is 4.79 Å². The summed E-state index contributed by atoms with van der Waals surface area (Å²) in [5.74, 6) is -1.69. The molecule has 1 rings (SSSR count). The number of hydrogen-bond acceptors (Lipinski definition) is 2. The minimum absolute atomic E-state index is 0.152. The number of halogens is 3. The molecule has 76 valence electrons. The first-order valence-electron chi connectivity index (χ1n) is 4.20. The second kappa shape index (κ2) is 3.65. The summed E-state index contributed by atoms with van der Waals surface area (Å²) in [6, 6.07) is 0. The summed E-state index contributed by atoms with van der Waals surface area (Å²) in [6.07, 6.45) is -5.60. The van der Waals surface area contributed by atoms with Crippen LogP contribution in [0.2, 0.25) is 0 Å². The van der Waals surface area contributed by atoms with Crippen molar-refractivity contribution in [3.05, 3.63) is 0 Å². The third kappa shape index (κ3) is 2.43. The van der Waals surface area contributed by atoms with Crippen LogP contribution in [0.4, 0.5) is 13.2 Å². The first kappa shape index (κ1) is 10.5. The molecule has 13 heavy (non-hydrogen) atoms. The highest BCUT2D eigenvalue weighted by Gasteiger charge is 2.46. The van der Waals surface area contributed by atoms with Gasteiger partial charge in [-0.25, -0.2) is 0 Å². The summed E-state index contributed by atoms with van der Waals surface area (Å²) in [6.45, 7) is 0. The van der Waals surface area contributed by atoms with Crippen LogP contribution in [0.15, 0.2) is 0 Å². The van der Waals surface area contributed by atoms with E-state index in [1.54, 1.807) is 0 Å². The topological polar surface area (TPSA) is 37.3 Å².